The van der Waals surface area contributed by atoms with E-state index in [0.717, 1.165) is 21.6 Å². The SMILES string of the molecule is O=C(OCCCNc1ccccc1)c1ccccc1[P+]([N-]N=Nc1ccc([P+](c2ccccc2)(c2ccccc2)c2ccccc2)cc1)(c1ccccc1)c1ccccc1. The molecule has 0 aliphatic carbocycles. The maximum absolute atomic E-state index is 14.0. The lowest BCUT2D eigenvalue weighted by atomic mass is 10.2. The zero-order chi connectivity index (χ0) is 40.9. The summed E-state index contributed by atoms with van der Waals surface area (Å²) in [5.74, 6) is -0.397. The molecule has 0 fully saturated rings. The highest BCUT2D eigenvalue weighted by molar-refractivity contribution is 8.01. The van der Waals surface area contributed by atoms with Crippen molar-refractivity contribution in [1.29, 1.82) is 0 Å². The standard InChI is InChI=1S/C52H45N4O2P2/c57-52(58-41-21-40-53-42-22-7-1-8-23-42)50-34-19-20-35-51(50)60(48-30-15-5-16-31-48,49-32-17-6-18-33-49)56-55-54-43-36-38-47(39-37-43)59(44-24-9-2-10-25-44,45-26-11-3-12-27-45)46-28-13-4-14-29-46/h1-20,22-39,53H,21,40-41H2/q+1. The molecule has 294 valence electrons. The second-order valence-electron chi connectivity index (χ2n) is 14.1. The van der Waals surface area contributed by atoms with E-state index in [1.54, 1.807) is 0 Å². The minimum atomic E-state index is -2.97. The molecule has 0 radical (unpaired) electrons. The molecule has 0 aromatic heterocycles. The quantitative estimate of drug-likeness (QED) is 0.0347. The lowest BCUT2D eigenvalue weighted by Gasteiger charge is -2.30. The number of hydrogen-bond acceptors (Lipinski definition) is 5. The molecule has 8 rings (SSSR count). The van der Waals surface area contributed by atoms with E-state index >= 15 is 0 Å². The van der Waals surface area contributed by atoms with Gasteiger partial charge in [0.2, 0.25) is 0 Å². The van der Waals surface area contributed by atoms with Crippen LogP contribution in [0.5, 0.6) is 0 Å². The van der Waals surface area contributed by atoms with Crippen LogP contribution in [0.25, 0.3) is 5.20 Å². The number of rotatable bonds is 16. The summed E-state index contributed by atoms with van der Waals surface area (Å²) in [6.07, 6.45) is 0.656. The Morgan fingerprint density at radius 1 is 0.483 bits per heavy atom. The van der Waals surface area contributed by atoms with Crippen molar-refractivity contribution in [3.05, 3.63) is 241 Å². The molecule has 0 atom stereocenters. The molecule has 1 N–H and O–H groups in total. The van der Waals surface area contributed by atoms with Crippen LogP contribution < -0.4 is 42.4 Å². The maximum atomic E-state index is 14.0. The van der Waals surface area contributed by atoms with Crippen LogP contribution in [-0.4, -0.2) is 19.1 Å². The van der Waals surface area contributed by atoms with E-state index in [9.17, 15) is 4.79 Å². The summed E-state index contributed by atoms with van der Waals surface area (Å²) in [5.41, 5.74) is 2.16. The minimum absolute atomic E-state index is 0.268. The molecule has 0 spiro atoms. The number of anilines is 1. The first-order valence-corrected chi connectivity index (χ1v) is 23.6. The largest absolute Gasteiger partial charge is 0.462 e. The molecular formula is C52H45N4O2P2+. The second-order valence-corrected chi connectivity index (χ2v) is 20.5. The number of para-hydroxylation sites is 1. The molecule has 0 heterocycles. The predicted molar refractivity (Wildman–Crippen MR) is 254 cm³/mol. The van der Waals surface area contributed by atoms with Gasteiger partial charge in [0, 0.05) is 12.2 Å². The van der Waals surface area contributed by atoms with Gasteiger partial charge in [-0.05, 0) is 109 Å². The van der Waals surface area contributed by atoms with Crippen molar-refractivity contribution in [3.63, 3.8) is 0 Å². The first kappa shape index (κ1) is 40.1. The Balaban J connectivity index is 1.14. The van der Waals surface area contributed by atoms with Crippen molar-refractivity contribution in [2.75, 3.05) is 18.5 Å². The van der Waals surface area contributed by atoms with E-state index in [1.807, 2.05) is 103 Å². The summed E-state index contributed by atoms with van der Waals surface area (Å²) >= 11 is 0. The van der Waals surface area contributed by atoms with Crippen molar-refractivity contribution in [1.82, 2.24) is 0 Å². The molecule has 0 saturated carbocycles. The van der Waals surface area contributed by atoms with Crippen molar-refractivity contribution >= 4 is 69.2 Å². The molecule has 8 aromatic carbocycles. The van der Waals surface area contributed by atoms with Crippen molar-refractivity contribution in [2.45, 2.75) is 6.42 Å². The van der Waals surface area contributed by atoms with Crippen LogP contribution in [0, 0.1) is 0 Å². The van der Waals surface area contributed by atoms with E-state index in [2.05, 4.69) is 138 Å². The number of nitrogens with zero attached hydrogens (tertiary/aromatic N) is 3. The Bertz CT molecular complexity index is 2460. The van der Waals surface area contributed by atoms with Gasteiger partial charge in [0.25, 0.3) is 0 Å². The molecule has 0 bridgehead atoms. The molecular weight excluding hydrogens is 775 g/mol. The van der Waals surface area contributed by atoms with Gasteiger partial charge in [-0.25, -0.2) is 15.2 Å². The first-order chi connectivity index (χ1) is 29.7. The summed E-state index contributed by atoms with van der Waals surface area (Å²) in [6, 6.07) is 78.7. The topological polar surface area (TPSA) is 77.1 Å². The number of hydrogen-bond donors (Lipinski definition) is 1. The van der Waals surface area contributed by atoms with Gasteiger partial charge in [0.05, 0.1) is 6.61 Å². The fourth-order valence-electron chi connectivity index (χ4n) is 7.62. The molecule has 0 amide bonds. The van der Waals surface area contributed by atoms with Crippen LogP contribution in [0.3, 0.4) is 0 Å². The van der Waals surface area contributed by atoms with E-state index < -0.39 is 20.6 Å². The third-order valence-corrected chi connectivity index (χ3v) is 18.2. The number of carbonyl (C=O) groups is 1. The molecule has 8 heteroatoms. The van der Waals surface area contributed by atoms with Gasteiger partial charge >= 0.3 is 5.97 Å². The lowest BCUT2D eigenvalue weighted by Crippen LogP contribution is -2.38. The molecule has 8 aromatic rings. The Hall–Kier alpha value is -6.71. The number of esters is 1. The molecule has 60 heavy (non-hydrogen) atoms. The van der Waals surface area contributed by atoms with E-state index in [0.29, 0.717) is 24.2 Å². The smallest absolute Gasteiger partial charge is 0.342 e. The van der Waals surface area contributed by atoms with Crippen LogP contribution >= 0.6 is 14.7 Å². The molecule has 0 aliphatic heterocycles. The maximum Gasteiger partial charge on any atom is 0.342 e. The van der Waals surface area contributed by atoms with Gasteiger partial charge in [-0.3, -0.25) is 0 Å². The van der Waals surface area contributed by atoms with Crippen LogP contribution in [0.2, 0.25) is 0 Å². The highest BCUT2D eigenvalue weighted by atomic mass is 31.2. The summed E-state index contributed by atoms with van der Waals surface area (Å²) in [6.45, 7) is 0.943. The Labute approximate surface area is 353 Å². The van der Waals surface area contributed by atoms with Crippen LogP contribution in [0.1, 0.15) is 16.8 Å². The fourth-order valence-corrected chi connectivity index (χ4v) is 15.2. The van der Waals surface area contributed by atoms with E-state index in [1.165, 1.54) is 21.2 Å². The van der Waals surface area contributed by atoms with Gasteiger partial charge < -0.3 is 15.2 Å². The van der Waals surface area contributed by atoms with Crippen molar-refractivity contribution < 1.29 is 9.53 Å². The minimum Gasteiger partial charge on any atom is -0.462 e. The average molecular weight is 820 g/mol. The summed E-state index contributed by atoms with van der Waals surface area (Å²) in [5, 5.41) is 25.7. The monoisotopic (exact) mass is 819 g/mol. The van der Waals surface area contributed by atoms with Gasteiger partial charge in [-0.15, -0.1) is 0 Å². The molecule has 0 unspecified atom stereocenters. The number of carbonyl (C=O) groups excluding carboxylic acids is 1. The average Bonchev–Trinajstić information content (AvgIpc) is 3.33. The number of nitrogens with one attached hydrogen (secondary N) is 1. The van der Waals surface area contributed by atoms with E-state index in [4.69, 9.17) is 15.0 Å². The third kappa shape index (κ3) is 8.53. The summed E-state index contributed by atoms with van der Waals surface area (Å²) in [4.78, 5) is 14.0. The van der Waals surface area contributed by atoms with Crippen LogP contribution in [0.4, 0.5) is 11.4 Å². The van der Waals surface area contributed by atoms with Crippen molar-refractivity contribution in [2.24, 2.45) is 10.3 Å². The summed E-state index contributed by atoms with van der Waals surface area (Å²) < 4.78 is 5.93. The summed E-state index contributed by atoms with van der Waals surface area (Å²) in [7, 11) is -5.24. The first-order valence-electron chi connectivity index (χ1n) is 20.1. The van der Waals surface area contributed by atoms with Crippen LogP contribution in [0.15, 0.2) is 241 Å². The van der Waals surface area contributed by atoms with Crippen molar-refractivity contribution in [3.8, 4) is 0 Å². The highest BCUT2D eigenvalue weighted by Crippen LogP contribution is 2.62. The molecule has 0 aliphatic rings. The Morgan fingerprint density at radius 2 is 0.900 bits per heavy atom. The Morgan fingerprint density at radius 3 is 1.40 bits per heavy atom. The Kier molecular flexibility index (Phi) is 12.9. The van der Waals surface area contributed by atoms with Gasteiger partial charge in [-0.2, -0.15) is 0 Å². The third-order valence-electron chi connectivity index (χ3n) is 10.4. The second kappa shape index (κ2) is 19.4. The van der Waals surface area contributed by atoms with Crippen LogP contribution in [-0.2, 0) is 4.74 Å². The zero-order valence-electron chi connectivity index (χ0n) is 33.1. The number of ether oxygens (including phenoxy) is 1. The van der Waals surface area contributed by atoms with E-state index in [-0.39, 0.29) is 6.61 Å². The lowest BCUT2D eigenvalue weighted by molar-refractivity contribution is 0.0505. The highest BCUT2D eigenvalue weighted by Gasteiger charge is 2.48. The molecule has 6 nitrogen and oxygen atoms in total. The normalized spacial score (nSPS) is 11.5. The zero-order valence-corrected chi connectivity index (χ0v) is 34.9. The number of benzene rings is 8. The molecule has 0 saturated heterocycles. The predicted octanol–water partition coefficient (Wildman–Crippen LogP) is 10.2. The van der Waals surface area contributed by atoms with Gasteiger partial charge in [-0.1, -0.05) is 133 Å². The van der Waals surface area contributed by atoms with Gasteiger partial charge in [0.1, 0.15) is 50.0 Å². The van der Waals surface area contributed by atoms with Gasteiger partial charge in [0.15, 0.2) is 7.41 Å². The fraction of sp³-hybridized carbons (Fsp3) is 0.0577.